The molecule has 0 aliphatic rings. The van der Waals surface area contributed by atoms with Gasteiger partial charge in [0.05, 0.1) is 16.1 Å². The van der Waals surface area contributed by atoms with Crippen LogP contribution in [0.3, 0.4) is 0 Å². The number of nitrogens with one attached hydrogen (secondary N) is 1. The number of benzene rings is 1. The van der Waals surface area contributed by atoms with Crippen LogP contribution in [-0.4, -0.2) is 11.8 Å². The molecule has 0 fully saturated rings. The highest BCUT2D eigenvalue weighted by Crippen LogP contribution is 2.26. The summed E-state index contributed by atoms with van der Waals surface area (Å²) in [6.45, 7) is 0. The van der Waals surface area contributed by atoms with Crippen LogP contribution in [0.5, 0.6) is 0 Å². The molecule has 0 radical (unpaired) electrons. The Hall–Kier alpha value is -1.56. The van der Waals surface area contributed by atoms with Crippen molar-refractivity contribution in [3.05, 3.63) is 50.8 Å². The number of hydrogen-bond donors (Lipinski definition) is 2. The van der Waals surface area contributed by atoms with E-state index in [1.807, 2.05) is 0 Å². The summed E-state index contributed by atoms with van der Waals surface area (Å²) in [6, 6.07) is 6.11. The van der Waals surface area contributed by atoms with Crippen LogP contribution in [-0.2, 0) is 0 Å². The lowest BCUT2D eigenvalue weighted by Crippen LogP contribution is -2.16. The molecule has 7 heteroatoms. The van der Waals surface area contributed by atoms with E-state index >= 15 is 0 Å². The topological polar surface area (TPSA) is 72.2 Å². The maximum atomic E-state index is 12.1. The van der Waals surface area contributed by atoms with E-state index in [1.54, 1.807) is 17.5 Å². The third kappa shape index (κ3) is 3.07. The molecule has 19 heavy (non-hydrogen) atoms. The molecule has 4 nitrogen and oxygen atoms in total. The lowest BCUT2D eigenvalue weighted by Gasteiger charge is -2.06. The average molecular weight is 315 g/mol. The van der Waals surface area contributed by atoms with E-state index in [0.717, 1.165) is 0 Å². The molecule has 2 aromatic rings. The van der Waals surface area contributed by atoms with Gasteiger partial charge in [-0.1, -0.05) is 23.2 Å². The molecule has 0 bridgehead atoms. The van der Waals surface area contributed by atoms with Crippen LogP contribution in [0.15, 0.2) is 29.6 Å². The van der Waals surface area contributed by atoms with E-state index < -0.39 is 11.8 Å². The second-order valence-electron chi connectivity index (χ2n) is 3.61. The minimum Gasteiger partial charge on any atom is -0.366 e. The first-order valence-electron chi connectivity index (χ1n) is 5.12. The number of nitrogens with two attached hydrogens (primary N) is 1. The van der Waals surface area contributed by atoms with Crippen molar-refractivity contribution >= 4 is 51.4 Å². The number of carbonyl (C=O) groups is 2. The fourth-order valence-corrected chi connectivity index (χ4v) is 2.60. The fourth-order valence-electron chi connectivity index (χ4n) is 1.44. The monoisotopic (exact) mass is 314 g/mol. The zero-order valence-electron chi connectivity index (χ0n) is 9.44. The second kappa shape index (κ2) is 5.61. The molecule has 0 saturated heterocycles. The Kier molecular flexibility index (Phi) is 4.09. The molecule has 0 atom stereocenters. The Bertz CT molecular complexity index is 655. The predicted octanol–water partition coefficient (Wildman–Crippen LogP) is 3.41. The normalized spacial score (nSPS) is 10.2. The van der Waals surface area contributed by atoms with Crippen molar-refractivity contribution in [2.24, 2.45) is 5.73 Å². The third-order valence-corrected chi connectivity index (χ3v) is 3.73. The molecule has 0 saturated carbocycles. The summed E-state index contributed by atoms with van der Waals surface area (Å²) in [4.78, 5) is 23.2. The number of carbonyl (C=O) groups excluding carboxylic acids is 2. The Morgan fingerprint density at radius 1 is 1.16 bits per heavy atom. The Morgan fingerprint density at radius 3 is 2.58 bits per heavy atom. The number of anilines is 1. The molecular weight excluding hydrogens is 307 g/mol. The summed E-state index contributed by atoms with van der Waals surface area (Å²) in [5.74, 6) is -1.05. The molecular formula is C12H8Cl2N2O2S. The predicted molar refractivity (Wildman–Crippen MR) is 77.3 cm³/mol. The molecule has 0 unspecified atom stereocenters. The van der Waals surface area contributed by atoms with Crippen molar-refractivity contribution in [2.45, 2.75) is 0 Å². The van der Waals surface area contributed by atoms with Crippen LogP contribution in [0.25, 0.3) is 0 Å². The van der Waals surface area contributed by atoms with Gasteiger partial charge in [0, 0.05) is 5.02 Å². The highest BCUT2D eigenvalue weighted by Gasteiger charge is 2.16. The molecule has 2 amide bonds. The largest absolute Gasteiger partial charge is 0.366 e. The van der Waals surface area contributed by atoms with Crippen LogP contribution >= 0.6 is 34.5 Å². The molecule has 2 rings (SSSR count). The standard InChI is InChI=1S/C12H8Cl2N2O2S/c13-6-1-2-9(14)8(5-6)11(18)16-12-7(10(15)17)3-4-19-12/h1-5H,(H2,15,17)(H,16,18). The van der Waals surface area contributed by atoms with Gasteiger partial charge in [-0.05, 0) is 29.6 Å². The first kappa shape index (κ1) is 13.9. The summed E-state index contributed by atoms with van der Waals surface area (Å²) in [5.41, 5.74) is 5.69. The van der Waals surface area contributed by atoms with Crippen LogP contribution < -0.4 is 11.1 Å². The number of hydrogen-bond acceptors (Lipinski definition) is 3. The Labute approximate surface area is 123 Å². The van der Waals surface area contributed by atoms with E-state index in [-0.39, 0.29) is 16.1 Å². The van der Waals surface area contributed by atoms with Crippen molar-refractivity contribution in [3.8, 4) is 0 Å². The van der Waals surface area contributed by atoms with Crippen molar-refractivity contribution in [3.63, 3.8) is 0 Å². The number of rotatable bonds is 3. The number of thiophene rings is 1. The summed E-state index contributed by atoms with van der Waals surface area (Å²) in [7, 11) is 0. The highest BCUT2D eigenvalue weighted by molar-refractivity contribution is 7.14. The van der Waals surface area contributed by atoms with Gasteiger partial charge in [-0.25, -0.2) is 0 Å². The van der Waals surface area contributed by atoms with Gasteiger partial charge < -0.3 is 11.1 Å². The number of amides is 2. The van der Waals surface area contributed by atoms with E-state index in [4.69, 9.17) is 28.9 Å². The van der Waals surface area contributed by atoms with Gasteiger partial charge >= 0.3 is 0 Å². The number of primary amides is 1. The lowest BCUT2D eigenvalue weighted by molar-refractivity contribution is 0.100. The van der Waals surface area contributed by atoms with Crippen molar-refractivity contribution in [1.82, 2.24) is 0 Å². The second-order valence-corrected chi connectivity index (χ2v) is 5.37. The third-order valence-electron chi connectivity index (χ3n) is 2.33. The molecule has 1 aromatic carbocycles. The van der Waals surface area contributed by atoms with Gasteiger partial charge in [-0.15, -0.1) is 11.3 Å². The van der Waals surface area contributed by atoms with Gasteiger partial charge in [0.15, 0.2) is 0 Å². The molecule has 98 valence electrons. The summed E-state index contributed by atoms with van der Waals surface area (Å²) in [6.07, 6.45) is 0. The van der Waals surface area contributed by atoms with Gasteiger partial charge in [0.2, 0.25) is 0 Å². The zero-order valence-corrected chi connectivity index (χ0v) is 11.8. The van der Waals surface area contributed by atoms with Crippen molar-refractivity contribution in [1.29, 1.82) is 0 Å². The molecule has 0 spiro atoms. The van der Waals surface area contributed by atoms with Gasteiger partial charge in [0.25, 0.3) is 11.8 Å². The maximum Gasteiger partial charge on any atom is 0.257 e. The van der Waals surface area contributed by atoms with Crippen molar-refractivity contribution in [2.75, 3.05) is 5.32 Å². The van der Waals surface area contributed by atoms with Crippen LogP contribution in [0.1, 0.15) is 20.7 Å². The number of halogens is 2. The molecule has 0 aliphatic heterocycles. The summed E-state index contributed by atoms with van der Waals surface area (Å²) < 4.78 is 0. The quantitative estimate of drug-likeness (QED) is 0.911. The average Bonchev–Trinajstić information content (AvgIpc) is 2.80. The first-order chi connectivity index (χ1) is 8.99. The SMILES string of the molecule is NC(=O)c1ccsc1NC(=O)c1cc(Cl)ccc1Cl. The summed E-state index contributed by atoms with van der Waals surface area (Å²) in [5, 5.41) is 5.31. The highest BCUT2D eigenvalue weighted by atomic mass is 35.5. The molecule has 1 aromatic heterocycles. The van der Waals surface area contributed by atoms with Crippen LogP contribution in [0.2, 0.25) is 10.0 Å². The Balaban J connectivity index is 2.28. The first-order valence-corrected chi connectivity index (χ1v) is 6.76. The summed E-state index contributed by atoms with van der Waals surface area (Å²) >= 11 is 12.9. The van der Waals surface area contributed by atoms with E-state index in [1.165, 1.54) is 23.5 Å². The smallest absolute Gasteiger partial charge is 0.257 e. The van der Waals surface area contributed by atoms with E-state index in [2.05, 4.69) is 5.32 Å². The molecule has 0 aliphatic carbocycles. The van der Waals surface area contributed by atoms with Gasteiger partial charge in [-0.3, -0.25) is 9.59 Å². The Morgan fingerprint density at radius 2 is 1.89 bits per heavy atom. The van der Waals surface area contributed by atoms with Gasteiger partial charge in [-0.2, -0.15) is 0 Å². The minimum atomic E-state index is -0.603. The van der Waals surface area contributed by atoms with Crippen LogP contribution in [0.4, 0.5) is 5.00 Å². The maximum absolute atomic E-state index is 12.1. The van der Waals surface area contributed by atoms with Gasteiger partial charge in [0.1, 0.15) is 5.00 Å². The van der Waals surface area contributed by atoms with E-state index in [0.29, 0.717) is 10.0 Å². The molecule has 1 heterocycles. The van der Waals surface area contributed by atoms with Crippen LogP contribution in [0, 0.1) is 0 Å². The fraction of sp³-hybridized carbons (Fsp3) is 0. The lowest BCUT2D eigenvalue weighted by atomic mass is 10.2. The van der Waals surface area contributed by atoms with Crippen molar-refractivity contribution < 1.29 is 9.59 Å². The zero-order chi connectivity index (χ0) is 14.0. The minimum absolute atomic E-state index is 0.234. The molecule has 3 N–H and O–H groups in total. The van der Waals surface area contributed by atoms with E-state index in [9.17, 15) is 9.59 Å².